The van der Waals surface area contributed by atoms with E-state index in [1.54, 1.807) is 0 Å². The van der Waals surface area contributed by atoms with Crippen LogP contribution in [0.5, 0.6) is 0 Å². The van der Waals surface area contributed by atoms with E-state index in [-0.39, 0.29) is 6.03 Å². The molecule has 1 aromatic carbocycles. The topological polar surface area (TPSA) is 41.1 Å². The molecule has 1 rings (SSSR count). The average Bonchev–Trinajstić information content (AvgIpc) is 2.71. The third-order valence-electron chi connectivity index (χ3n) is 5.35. The van der Waals surface area contributed by atoms with Crippen molar-refractivity contribution in [3.05, 3.63) is 30.3 Å². The van der Waals surface area contributed by atoms with Crippen LogP contribution in [-0.2, 0) is 0 Å². The molecule has 0 spiro atoms. The zero-order valence-corrected chi connectivity index (χ0v) is 18.3. The molecule has 0 bridgehead atoms. The van der Waals surface area contributed by atoms with Crippen molar-refractivity contribution in [2.75, 3.05) is 11.9 Å². The van der Waals surface area contributed by atoms with Gasteiger partial charge in [0.15, 0.2) is 0 Å². The Kier molecular flexibility index (Phi) is 16.5. The minimum absolute atomic E-state index is 0.104. The lowest BCUT2D eigenvalue weighted by Crippen LogP contribution is -2.29. The minimum Gasteiger partial charge on any atom is -0.338 e. The summed E-state index contributed by atoms with van der Waals surface area (Å²) in [4.78, 5) is 11.8. The Morgan fingerprint density at radius 1 is 0.643 bits per heavy atom. The molecular weight excluding hydrogens is 344 g/mol. The highest BCUT2D eigenvalue weighted by Crippen LogP contribution is 2.13. The molecule has 0 saturated heterocycles. The fraction of sp³-hybridized carbons (Fsp3) is 0.720. The van der Waals surface area contributed by atoms with E-state index in [0.29, 0.717) is 0 Å². The summed E-state index contributed by atoms with van der Waals surface area (Å²) >= 11 is 0. The van der Waals surface area contributed by atoms with Crippen LogP contribution >= 0.6 is 0 Å². The number of amides is 2. The van der Waals surface area contributed by atoms with Crippen molar-refractivity contribution in [2.24, 2.45) is 0 Å². The first-order chi connectivity index (χ1) is 13.8. The van der Waals surface area contributed by atoms with E-state index in [1.807, 2.05) is 30.3 Å². The molecule has 0 atom stereocenters. The Balaban J connectivity index is 1.74. The van der Waals surface area contributed by atoms with Gasteiger partial charge in [-0.3, -0.25) is 0 Å². The maximum absolute atomic E-state index is 11.8. The predicted molar refractivity (Wildman–Crippen MR) is 123 cm³/mol. The molecular formula is C25H44N2O. The maximum Gasteiger partial charge on any atom is 0.319 e. The summed E-state index contributed by atoms with van der Waals surface area (Å²) in [5, 5.41) is 5.78. The van der Waals surface area contributed by atoms with E-state index in [1.165, 1.54) is 96.3 Å². The highest BCUT2D eigenvalue weighted by molar-refractivity contribution is 5.89. The SMILES string of the molecule is CCCCCCCCCCCCCCCCCCNC(=O)Nc1ccccc1. The summed E-state index contributed by atoms with van der Waals surface area (Å²) in [6.07, 6.45) is 21.9. The van der Waals surface area contributed by atoms with Crippen molar-refractivity contribution in [1.29, 1.82) is 0 Å². The van der Waals surface area contributed by atoms with Gasteiger partial charge in [0.25, 0.3) is 0 Å². The number of nitrogens with one attached hydrogen (secondary N) is 2. The monoisotopic (exact) mass is 388 g/mol. The van der Waals surface area contributed by atoms with Crippen LogP contribution in [0, 0.1) is 0 Å². The molecule has 0 aliphatic heterocycles. The number of carbonyl (C=O) groups excluding carboxylic acids is 1. The van der Waals surface area contributed by atoms with Gasteiger partial charge in [-0.1, -0.05) is 121 Å². The second-order valence-electron chi connectivity index (χ2n) is 8.05. The normalized spacial score (nSPS) is 10.8. The van der Waals surface area contributed by atoms with Gasteiger partial charge in [0.1, 0.15) is 0 Å². The van der Waals surface area contributed by atoms with Gasteiger partial charge in [-0.2, -0.15) is 0 Å². The van der Waals surface area contributed by atoms with Crippen LogP contribution in [0.2, 0.25) is 0 Å². The van der Waals surface area contributed by atoms with Crippen LogP contribution in [0.1, 0.15) is 110 Å². The van der Waals surface area contributed by atoms with Gasteiger partial charge in [-0.05, 0) is 18.6 Å². The molecule has 0 radical (unpaired) electrons. The molecule has 2 N–H and O–H groups in total. The van der Waals surface area contributed by atoms with Crippen LogP contribution in [0.4, 0.5) is 10.5 Å². The second kappa shape index (κ2) is 18.8. The first-order valence-corrected chi connectivity index (χ1v) is 11.9. The fourth-order valence-electron chi connectivity index (χ4n) is 3.57. The molecule has 160 valence electrons. The Labute approximate surface area is 174 Å². The molecule has 0 unspecified atom stereocenters. The number of benzene rings is 1. The summed E-state index contributed by atoms with van der Waals surface area (Å²) in [5.74, 6) is 0. The van der Waals surface area contributed by atoms with Crippen molar-refractivity contribution in [1.82, 2.24) is 5.32 Å². The van der Waals surface area contributed by atoms with Crippen LogP contribution in [-0.4, -0.2) is 12.6 Å². The Hall–Kier alpha value is -1.51. The standard InChI is InChI=1S/C25H44N2O/c1-2-3-4-5-6-7-8-9-10-11-12-13-14-15-16-20-23-26-25(28)27-24-21-18-17-19-22-24/h17-19,21-22H,2-16,20,23H2,1H3,(H2,26,27,28). The fourth-order valence-corrected chi connectivity index (χ4v) is 3.57. The molecule has 2 amide bonds. The lowest BCUT2D eigenvalue weighted by Gasteiger charge is -2.07. The van der Waals surface area contributed by atoms with Gasteiger partial charge in [0.2, 0.25) is 0 Å². The van der Waals surface area contributed by atoms with Gasteiger partial charge >= 0.3 is 6.03 Å². The predicted octanol–water partition coefficient (Wildman–Crippen LogP) is 8.07. The highest BCUT2D eigenvalue weighted by Gasteiger charge is 2.00. The summed E-state index contributed by atoms with van der Waals surface area (Å²) in [6.45, 7) is 3.04. The van der Waals surface area contributed by atoms with Gasteiger partial charge in [-0.15, -0.1) is 0 Å². The van der Waals surface area contributed by atoms with E-state index in [0.717, 1.165) is 18.7 Å². The third kappa shape index (κ3) is 15.5. The zero-order valence-electron chi connectivity index (χ0n) is 18.3. The van der Waals surface area contributed by atoms with Crippen molar-refractivity contribution in [2.45, 2.75) is 110 Å². The number of urea groups is 1. The summed E-state index contributed by atoms with van der Waals surface area (Å²) in [6, 6.07) is 9.48. The second-order valence-corrected chi connectivity index (χ2v) is 8.05. The van der Waals surface area contributed by atoms with Crippen molar-refractivity contribution in [3.63, 3.8) is 0 Å². The summed E-state index contributed by atoms with van der Waals surface area (Å²) in [5.41, 5.74) is 0.840. The van der Waals surface area contributed by atoms with E-state index >= 15 is 0 Å². The molecule has 0 heterocycles. The van der Waals surface area contributed by atoms with Gasteiger partial charge in [-0.25, -0.2) is 4.79 Å². The first-order valence-electron chi connectivity index (χ1n) is 11.9. The quantitative estimate of drug-likeness (QED) is 0.245. The van der Waals surface area contributed by atoms with E-state index in [9.17, 15) is 4.79 Å². The molecule has 0 saturated carbocycles. The number of anilines is 1. The van der Waals surface area contributed by atoms with Gasteiger partial charge in [0.05, 0.1) is 0 Å². The Morgan fingerprint density at radius 2 is 1.07 bits per heavy atom. The molecule has 28 heavy (non-hydrogen) atoms. The Bertz CT molecular complexity index is 461. The van der Waals surface area contributed by atoms with E-state index < -0.39 is 0 Å². The van der Waals surface area contributed by atoms with Gasteiger partial charge in [0, 0.05) is 12.2 Å². The number of rotatable bonds is 18. The summed E-state index contributed by atoms with van der Waals surface area (Å²) < 4.78 is 0. The lowest BCUT2D eigenvalue weighted by molar-refractivity contribution is 0.252. The molecule has 3 nitrogen and oxygen atoms in total. The maximum atomic E-state index is 11.8. The first kappa shape index (κ1) is 24.5. The lowest BCUT2D eigenvalue weighted by atomic mass is 10.0. The average molecular weight is 389 g/mol. The third-order valence-corrected chi connectivity index (χ3v) is 5.35. The number of hydrogen-bond acceptors (Lipinski definition) is 1. The van der Waals surface area contributed by atoms with E-state index in [2.05, 4.69) is 17.6 Å². The molecule has 0 aliphatic rings. The number of carbonyl (C=O) groups is 1. The smallest absolute Gasteiger partial charge is 0.319 e. The van der Waals surface area contributed by atoms with Crippen LogP contribution in [0.15, 0.2) is 30.3 Å². The zero-order chi connectivity index (χ0) is 20.1. The number of unbranched alkanes of at least 4 members (excludes halogenated alkanes) is 15. The molecule has 1 aromatic rings. The molecule has 0 fully saturated rings. The van der Waals surface area contributed by atoms with E-state index in [4.69, 9.17) is 0 Å². The van der Waals surface area contributed by atoms with Crippen LogP contribution in [0.25, 0.3) is 0 Å². The van der Waals surface area contributed by atoms with Crippen molar-refractivity contribution >= 4 is 11.7 Å². The van der Waals surface area contributed by atoms with Gasteiger partial charge < -0.3 is 10.6 Å². The highest BCUT2D eigenvalue weighted by atomic mass is 16.2. The molecule has 0 aromatic heterocycles. The number of hydrogen-bond donors (Lipinski definition) is 2. The Morgan fingerprint density at radius 3 is 1.54 bits per heavy atom. The largest absolute Gasteiger partial charge is 0.338 e. The van der Waals surface area contributed by atoms with Crippen LogP contribution < -0.4 is 10.6 Å². The molecule has 0 aliphatic carbocycles. The minimum atomic E-state index is -0.104. The van der Waals surface area contributed by atoms with Crippen molar-refractivity contribution < 1.29 is 4.79 Å². The molecule has 3 heteroatoms. The van der Waals surface area contributed by atoms with Crippen LogP contribution in [0.3, 0.4) is 0 Å². The number of para-hydroxylation sites is 1. The summed E-state index contributed by atoms with van der Waals surface area (Å²) in [7, 11) is 0. The van der Waals surface area contributed by atoms with Crippen molar-refractivity contribution in [3.8, 4) is 0 Å².